The molecule has 3 rings (SSSR count). The number of para-hydroxylation sites is 1. The molecular formula is C15H19N7. The molecule has 0 aliphatic heterocycles. The molecule has 0 amide bonds. The fourth-order valence-electron chi connectivity index (χ4n) is 2.44. The molecule has 0 saturated heterocycles. The fourth-order valence-corrected chi connectivity index (χ4v) is 2.44. The van der Waals surface area contributed by atoms with E-state index in [-0.39, 0.29) is 0 Å². The Hall–Kier alpha value is -2.70. The number of rotatable bonds is 5. The Morgan fingerprint density at radius 2 is 2.05 bits per heavy atom. The van der Waals surface area contributed by atoms with Crippen LogP contribution in [0, 0.1) is 6.92 Å². The van der Waals surface area contributed by atoms with Gasteiger partial charge in [0, 0.05) is 0 Å². The second kappa shape index (κ2) is 5.97. The predicted octanol–water partition coefficient (Wildman–Crippen LogP) is 1.88. The summed E-state index contributed by atoms with van der Waals surface area (Å²) in [4.78, 5) is 1.45. The molecule has 7 heteroatoms. The van der Waals surface area contributed by atoms with E-state index < -0.39 is 0 Å². The van der Waals surface area contributed by atoms with Gasteiger partial charge in [0.05, 0.1) is 36.9 Å². The zero-order chi connectivity index (χ0) is 15.5. The minimum absolute atomic E-state index is 0.528. The summed E-state index contributed by atoms with van der Waals surface area (Å²) in [5.74, 6) is 0.660. The van der Waals surface area contributed by atoms with E-state index in [2.05, 4.69) is 51.8 Å². The van der Waals surface area contributed by atoms with Gasteiger partial charge in [-0.05, 0) is 30.2 Å². The number of tetrazole rings is 1. The SMILES string of the molecule is CCc1c(NCc2nnn(C)n2)cnn1-c1ccccc1C. The van der Waals surface area contributed by atoms with Crippen LogP contribution in [0.25, 0.3) is 5.69 Å². The third-order valence-electron chi connectivity index (χ3n) is 3.53. The van der Waals surface area contributed by atoms with Crippen molar-refractivity contribution in [3.63, 3.8) is 0 Å². The number of aryl methyl sites for hydroxylation is 2. The van der Waals surface area contributed by atoms with Crippen LogP contribution >= 0.6 is 0 Å². The maximum Gasteiger partial charge on any atom is 0.193 e. The summed E-state index contributed by atoms with van der Waals surface area (Å²) in [5, 5.41) is 19.8. The molecule has 3 aromatic rings. The second-order valence-electron chi connectivity index (χ2n) is 5.11. The van der Waals surface area contributed by atoms with Gasteiger partial charge in [-0.15, -0.1) is 10.2 Å². The van der Waals surface area contributed by atoms with Crippen LogP contribution in [-0.4, -0.2) is 30.0 Å². The summed E-state index contributed by atoms with van der Waals surface area (Å²) >= 11 is 0. The van der Waals surface area contributed by atoms with E-state index in [0.717, 1.165) is 23.5 Å². The van der Waals surface area contributed by atoms with Crippen molar-refractivity contribution in [2.45, 2.75) is 26.8 Å². The van der Waals surface area contributed by atoms with Crippen molar-refractivity contribution < 1.29 is 0 Å². The van der Waals surface area contributed by atoms with Crippen LogP contribution in [-0.2, 0) is 20.0 Å². The molecule has 0 atom stereocenters. The molecule has 7 nitrogen and oxygen atoms in total. The Morgan fingerprint density at radius 1 is 1.23 bits per heavy atom. The zero-order valence-corrected chi connectivity index (χ0v) is 13.0. The van der Waals surface area contributed by atoms with Gasteiger partial charge in [-0.3, -0.25) is 0 Å². The topological polar surface area (TPSA) is 73.5 Å². The normalized spacial score (nSPS) is 10.9. The van der Waals surface area contributed by atoms with E-state index in [1.54, 1.807) is 7.05 Å². The first-order valence-electron chi connectivity index (χ1n) is 7.28. The van der Waals surface area contributed by atoms with Gasteiger partial charge in [0.2, 0.25) is 0 Å². The first-order chi connectivity index (χ1) is 10.7. The second-order valence-corrected chi connectivity index (χ2v) is 5.11. The lowest BCUT2D eigenvalue weighted by Crippen LogP contribution is -2.07. The van der Waals surface area contributed by atoms with Crippen LogP contribution in [0.3, 0.4) is 0 Å². The average molecular weight is 297 g/mol. The van der Waals surface area contributed by atoms with Crippen LogP contribution < -0.4 is 5.32 Å². The van der Waals surface area contributed by atoms with Gasteiger partial charge >= 0.3 is 0 Å². The highest BCUT2D eigenvalue weighted by Crippen LogP contribution is 2.22. The van der Waals surface area contributed by atoms with Gasteiger partial charge in [0.1, 0.15) is 0 Å². The first-order valence-corrected chi connectivity index (χ1v) is 7.28. The number of hydrogen-bond acceptors (Lipinski definition) is 5. The van der Waals surface area contributed by atoms with Crippen LogP contribution in [0.4, 0.5) is 5.69 Å². The summed E-state index contributed by atoms with van der Waals surface area (Å²) in [5.41, 5.74) is 4.43. The highest BCUT2D eigenvalue weighted by molar-refractivity contribution is 5.51. The molecular weight excluding hydrogens is 278 g/mol. The lowest BCUT2D eigenvalue weighted by Gasteiger charge is -2.10. The van der Waals surface area contributed by atoms with Crippen molar-refractivity contribution in [2.24, 2.45) is 7.05 Å². The van der Waals surface area contributed by atoms with Crippen LogP contribution in [0.15, 0.2) is 30.5 Å². The van der Waals surface area contributed by atoms with Crippen molar-refractivity contribution in [2.75, 3.05) is 5.32 Å². The lowest BCUT2D eigenvalue weighted by molar-refractivity contribution is 0.628. The number of anilines is 1. The summed E-state index contributed by atoms with van der Waals surface area (Å²) in [6.45, 7) is 4.74. The number of nitrogens with zero attached hydrogens (tertiary/aromatic N) is 6. The highest BCUT2D eigenvalue weighted by atomic mass is 15.6. The Kier molecular flexibility index (Phi) is 3.86. The van der Waals surface area contributed by atoms with Gasteiger partial charge < -0.3 is 5.32 Å². The molecule has 2 aromatic heterocycles. The highest BCUT2D eigenvalue weighted by Gasteiger charge is 2.12. The van der Waals surface area contributed by atoms with Crippen LogP contribution in [0.2, 0.25) is 0 Å². The molecule has 2 heterocycles. The molecule has 0 fully saturated rings. The van der Waals surface area contributed by atoms with Crippen LogP contribution in [0.1, 0.15) is 24.0 Å². The molecule has 0 aliphatic rings. The molecule has 1 N–H and O–H groups in total. The average Bonchev–Trinajstić information content (AvgIpc) is 3.11. The Morgan fingerprint density at radius 3 is 2.73 bits per heavy atom. The minimum atomic E-state index is 0.528. The zero-order valence-electron chi connectivity index (χ0n) is 13.0. The lowest BCUT2D eigenvalue weighted by atomic mass is 10.2. The number of benzene rings is 1. The molecule has 0 spiro atoms. The van der Waals surface area contributed by atoms with Crippen molar-refractivity contribution in [1.82, 2.24) is 30.0 Å². The molecule has 22 heavy (non-hydrogen) atoms. The summed E-state index contributed by atoms with van der Waals surface area (Å²) < 4.78 is 1.99. The van der Waals surface area contributed by atoms with Crippen molar-refractivity contribution >= 4 is 5.69 Å². The van der Waals surface area contributed by atoms with Gasteiger partial charge in [-0.25, -0.2) is 4.68 Å². The molecule has 0 bridgehead atoms. The first kappa shape index (κ1) is 14.2. The summed E-state index contributed by atoms with van der Waals surface area (Å²) in [6.07, 6.45) is 2.73. The van der Waals surface area contributed by atoms with E-state index in [1.807, 2.05) is 23.0 Å². The third kappa shape index (κ3) is 2.69. The minimum Gasteiger partial charge on any atom is -0.375 e. The van der Waals surface area contributed by atoms with Gasteiger partial charge in [0.25, 0.3) is 0 Å². The molecule has 114 valence electrons. The van der Waals surface area contributed by atoms with Gasteiger partial charge in [-0.2, -0.15) is 9.90 Å². The van der Waals surface area contributed by atoms with Gasteiger partial charge in [0.15, 0.2) is 5.82 Å². The Labute approximate surface area is 129 Å². The van der Waals surface area contributed by atoms with Crippen molar-refractivity contribution in [3.8, 4) is 5.69 Å². The molecule has 0 saturated carbocycles. The quantitative estimate of drug-likeness (QED) is 0.778. The number of hydrogen-bond donors (Lipinski definition) is 1. The molecule has 1 aromatic carbocycles. The van der Waals surface area contributed by atoms with Crippen molar-refractivity contribution in [3.05, 3.63) is 47.5 Å². The molecule has 0 unspecified atom stereocenters. The van der Waals surface area contributed by atoms with E-state index in [1.165, 1.54) is 10.4 Å². The monoisotopic (exact) mass is 297 g/mol. The number of nitrogens with one attached hydrogen (secondary N) is 1. The summed E-state index contributed by atoms with van der Waals surface area (Å²) in [6, 6.07) is 8.23. The van der Waals surface area contributed by atoms with Crippen LogP contribution in [0.5, 0.6) is 0 Å². The maximum absolute atomic E-state index is 4.53. The number of aromatic nitrogens is 6. The van der Waals surface area contributed by atoms with E-state index in [4.69, 9.17) is 0 Å². The van der Waals surface area contributed by atoms with Gasteiger partial charge in [-0.1, -0.05) is 25.1 Å². The van der Waals surface area contributed by atoms with Crippen molar-refractivity contribution in [1.29, 1.82) is 0 Å². The Balaban J connectivity index is 1.86. The largest absolute Gasteiger partial charge is 0.375 e. The molecule has 0 radical (unpaired) electrons. The fraction of sp³-hybridized carbons (Fsp3) is 0.333. The molecule has 0 aliphatic carbocycles. The smallest absolute Gasteiger partial charge is 0.193 e. The van der Waals surface area contributed by atoms with E-state index in [0.29, 0.717) is 12.4 Å². The van der Waals surface area contributed by atoms with E-state index >= 15 is 0 Å². The predicted molar refractivity (Wildman–Crippen MR) is 83.8 cm³/mol. The standard InChI is InChI=1S/C15H19N7/c1-4-13-12(16-10-15-18-20-21(3)19-15)9-17-22(13)14-8-6-5-7-11(14)2/h5-9,16H,4,10H2,1-3H3. The van der Waals surface area contributed by atoms with E-state index in [9.17, 15) is 0 Å². The summed E-state index contributed by atoms with van der Waals surface area (Å²) in [7, 11) is 1.75. The maximum atomic E-state index is 4.53. The third-order valence-corrected chi connectivity index (χ3v) is 3.53. The Bertz CT molecular complexity index is 772.